The van der Waals surface area contributed by atoms with E-state index in [2.05, 4.69) is 34.6 Å². The van der Waals surface area contributed by atoms with Crippen molar-refractivity contribution >= 4 is 0 Å². The molecular formula is C27H44O2. The Hall–Kier alpha value is -1.02. The van der Waals surface area contributed by atoms with Crippen molar-refractivity contribution in [2.75, 3.05) is 0 Å². The Morgan fingerprint density at radius 1 is 1.10 bits per heavy atom. The molecule has 0 heterocycles. The lowest BCUT2D eigenvalue weighted by Crippen LogP contribution is -2.45. The van der Waals surface area contributed by atoms with Gasteiger partial charge in [-0.15, -0.1) is 0 Å². The lowest BCUT2D eigenvalue weighted by molar-refractivity contribution is -0.0529. The maximum Gasteiger partial charge on any atom is 0.115 e. The summed E-state index contributed by atoms with van der Waals surface area (Å²) in [5.74, 6) is 3.84. The van der Waals surface area contributed by atoms with Gasteiger partial charge in [0.1, 0.15) is 5.75 Å². The predicted molar refractivity (Wildman–Crippen MR) is 122 cm³/mol. The molecule has 29 heavy (non-hydrogen) atoms. The van der Waals surface area contributed by atoms with Crippen molar-refractivity contribution < 1.29 is 10.2 Å². The van der Waals surface area contributed by atoms with Crippen molar-refractivity contribution in [3.05, 3.63) is 29.3 Å². The van der Waals surface area contributed by atoms with Crippen LogP contribution in [0.4, 0.5) is 0 Å². The van der Waals surface area contributed by atoms with Gasteiger partial charge in [-0.25, -0.2) is 0 Å². The van der Waals surface area contributed by atoms with Gasteiger partial charge >= 0.3 is 0 Å². The van der Waals surface area contributed by atoms with Gasteiger partial charge in [0.2, 0.25) is 0 Å². The summed E-state index contributed by atoms with van der Waals surface area (Å²) in [5, 5.41) is 20.8. The number of aromatic hydroxyl groups is 1. The average molecular weight is 401 g/mol. The number of phenols is 1. The molecule has 1 aromatic rings. The van der Waals surface area contributed by atoms with Crippen LogP contribution in [-0.4, -0.2) is 16.3 Å². The summed E-state index contributed by atoms with van der Waals surface area (Å²) in [7, 11) is 0. The molecule has 164 valence electrons. The Morgan fingerprint density at radius 2 is 1.86 bits per heavy atom. The van der Waals surface area contributed by atoms with E-state index in [0.717, 1.165) is 37.0 Å². The van der Waals surface area contributed by atoms with E-state index in [-0.39, 0.29) is 6.10 Å². The summed E-state index contributed by atoms with van der Waals surface area (Å²) >= 11 is 0. The molecule has 0 bridgehead atoms. The van der Waals surface area contributed by atoms with Gasteiger partial charge in [-0.1, -0.05) is 53.0 Å². The van der Waals surface area contributed by atoms with E-state index < -0.39 is 0 Å². The number of rotatable bonds is 8. The molecule has 0 saturated heterocycles. The van der Waals surface area contributed by atoms with Crippen molar-refractivity contribution in [2.24, 2.45) is 35.0 Å². The molecule has 6 atom stereocenters. The molecule has 0 radical (unpaired) electrons. The Bertz CT molecular complexity index is 667. The molecule has 2 heteroatoms. The summed E-state index contributed by atoms with van der Waals surface area (Å²) in [6, 6.07) is 5.70. The highest BCUT2D eigenvalue weighted by atomic mass is 16.3. The lowest BCUT2D eigenvalue weighted by atomic mass is 9.57. The van der Waals surface area contributed by atoms with Gasteiger partial charge in [-0.2, -0.15) is 0 Å². The molecule has 3 rings (SSSR count). The average Bonchev–Trinajstić information content (AvgIpc) is 3.01. The number of aliphatic hydroxyl groups is 1. The number of fused-ring (bicyclic) bond motifs is 1. The second-order valence-corrected chi connectivity index (χ2v) is 11.0. The van der Waals surface area contributed by atoms with Crippen molar-refractivity contribution in [3.8, 4) is 5.75 Å². The van der Waals surface area contributed by atoms with Crippen molar-refractivity contribution in [2.45, 2.75) is 98.5 Å². The van der Waals surface area contributed by atoms with E-state index in [1.54, 1.807) is 6.07 Å². The highest BCUT2D eigenvalue weighted by Gasteiger charge is 2.54. The number of aliphatic hydroxyl groups excluding tert-OH is 1. The smallest absolute Gasteiger partial charge is 0.115 e. The van der Waals surface area contributed by atoms with Gasteiger partial charge in [-0.05, 0) is 104 Å². The normalized spacial score (nSPS) is 33.1. The van der Waals surface area contributed by atoms with Crippen LogP contribution in [0.5, 0.6) is 5.75 Å². The number of hydrogen-bond donors (Lipinski definition) is 2. The van der Waals surface area contributed by atoms with Gasteiger partial charge in [0.25, 0.3) is 0 Å². The summed E-state index contributed by atoms with van der Waals surface area (Å²) < 4.78 is 0. The molecule has 2 N–H and O–H groups in total. The minimum atomic E-state index is -0.152. The monoisotopic (exact) mass is 400 g/mol. The van der Waals surface area contributed by atoms with Crippen LogP contribution in [0.2, 0.25) is 0 Å². The molecule has 2 aliphatic carbocycles. The summed E-state index contributed by atoms with van der Waals surface area (Å²) in [5.41, 5.74) is 2.88. The largest absolute Gasteiger partial charge is 0.508 e. The van der Waals surface area contributed by atoms with Gasteiger partial charge in [0, 0.05) is 0 Å². The third-order valence-corrected chi connectivity index (χ3v) is 8.68. The first-order chi connectivity index (χ1) is 13.7. The summed E-state index contributed by atoms with van der Waals surface area (Å²) in [4.78, 5) is 0. The molecular weight excluding hydrogens is 356 g/mol. The van der Waals surface area contributed by atoms with Crippen LogP contribution in [0.3, 0.4) is 0 Å². The standard InChI is InChI=1S/C27H44O2/c1-18(2)7-6-8-20(4)24-13-14-25-23(26(29)15-16-27(24,25)5)12-10-21-17-22(28)11-9-19(21)3/h9,11,17-18,20,23-26,28-29H,6-8,10,12-16H2,1-5H3/t20?,23?,24?,25?,26-,27?/m1/s1. The van der Waals surface area contributed by atoms with Gasteiger partial charge in [0.15, 0.2) is 0 Å². The molecule has 2 fully saturated rings. The zero-order valence-electron chi connectivity index (χ0n) is 19.5. The van der Waals surface area contributed by atoms with E-state index in [4.69, 9.17) is 0 Å². The van der Waals surface area contributed by atoms with Crippen LogP contribution in [0.15, 0.2) is 18.2 Å². The number of phenolic OH excluding ortho intramolecular Hbond substituents is 1. The molecule has 2 saturated carbocycles. The number of aryl methyl sites for hydroxylation is 2. The fraction of sp³-hybridized carbons (Fsp3) is 0.778. The Balaban J connectivity index is 1.67. The maximum absolute atomic E-state index is 10.9. The van der Waals surface area contributed by atoms with Gasteiger partial charge in [0.05, 0.1) is 6.10 Å². The summed E-state index contributed by atoms with van der Waals surface area (Å²) in [6.45, 7) is 11.8. The Kier molecular flexibility index (Phi) is 7.36. The van der Waals surface area contributed by atoms with Crippen LogP contribution < -0.4 is 0 Å². The van der Waals surface area contributed by atoms with Crippen molar-refractivity contribution in [3.63, 3.8) is 0 Å². The molecule has 5 unspecified atom stereocenters. The SMILES string of the molecule is Cc1ccc(O)cc1CCC1C2CCC(C(C)CCCC(C)C)C2(C)CC[C@H]1O. The van der Waals surface area contributed by atoms with Gasteiger partial charge < -0.3 is 10.2 Å². The third kappa shape index (κ3) is 5.01. The van der Waals surface area contributed by atoms with Crippen molar-refractivity contribution in [1.29, 1.82) is 0 Å². The first kappa shape index (κ1) is 22.7. The second kappa shape index (κ2) is 9.41. The Morgan fingerprint density at radius 3 is 2.59 bits per heavy atom. The molecule has 2 nitrogen and oxygen atoms in total. The third-order valence-electron chi connectivity index (χ3n) is 8.68. The minimum Gasteiger partial charge on any atom is -0.508 e. The molecule has 1 aromatic carbocycles. The van der Waals surface area contributed by atoms with E-state index >= 15 is 0 Å². The fourth-order valence-electron chi connectivity index (χ4n) is 6.94. The lowest BCUT2D eigenvalue weighted by Gasteiger charge is -2.49. The van der Waals surface area contributed by atoms with E-state index in [1.807, 2.05) is 12.1 Å². The van der Waals surface area contributed by atoms with Crippen molar-refractivity contribution in [1.82, 2.24) is 0 Å². The topological polar surface area (TPSA) is 40.5 Å². The fourth-order valence-corrected chi connectivity index (χ4v) is 6.94. The number of benzene rings is 1. The highest BCUT2D eigenvalue weighted by molar-refractivity contribution is 5.34. The molecule has 0 amide bonds. The quantitative estimate of drug-likeness (QED) is 0.498. The zero-order chi connectivity index (χ0) is 21.2. The van der Waals surface area contributed by atoms with Crippen LogP contribution in [-0.2, 0) is 6.42 Å². The molecule has 0 aliphatic heterocycles. The highest BCUT2D eigenvalue weighted by Crippen LogP contribution is 2.60. The zero-order valence-corrected chi connectivity index (χ0v) is 19.5. The molecule has 2 aliphatic rings. The van der Waals surface area contributed by atoms with Crippen LogP contribution in [0.25, 0.3) is 0 Å². The van der Waals surface area contributed by atoms with E-state index in [1.165, 1.54) is 49.7 Å². The van der Waals surface area contributed by atoms with Gasteiger partial charge in [-0.3, -0.25) is 0 Å². The predicted octanol–water partition coefficient (Wildman–Crippen LogP) is 6.90. The number of hydrogen-bond acceptors (Lipinski definition) is 2. The molecule has 0 spiro atoms. The van der Waals surface area contributed by atoms with Crippen LogP contribution >= 0.6 is 0 Å². The Labute approximate surface area is 179 Å². The van der Waals surface area contributed by atoms with E-state index in [9.17, 15) is 10.2 Å². The minimum absolute atomic E-state index is 0.152. The van der Waals surface area contributed by atoms with Crippen LogP contribution in [0.1, 0.15) is 90.2 Å². The first-order valence-electron chi connectivity index (χ1n) is 12.2. The summed E-state index contributed by atoms with van der Waals surface area (Å²) in [6.07, 6.45) is 10.7. The second-order valence-electron chi connectivity index (χ2n) is 11.0. The first-order valence-corrected chi connectivity index (χ1v) is 12.2. The molecule has 0 aromatic heterocycles. The van der Waals surface area contributed by atoms with E-state index in [0.29, 0.717) is 23.0 Å². The maximum atomic E-state index is 10.9. The van der Waals surface area contributed by atoms with Crippen LogP contribution in [0, 0.1) is 41.9 Å².